The van der Waals surface area contributed by atoms with Crippen molar-refractivity contribution in [3.05, 3.63) is 0 Å². The summed E-state index contributed by atoms with van der Waals surface area (Å²) in [6.07, 6.45) is 3.32. The second-order valence-electron chi connectivity index (χ2n) is 3.94. The van der Waals surface area contributed by atoms with Crippen molar-refractivity contribution < 1.29 is 9.47 Å². The van der Waals surface area contributed by atoms with Crippen molar-refractivity contribution >= 4 is 11.8 Å². The summed E-state index contributed by atoms with van der Waals surface area (Å²) < 4.78 is 11.1. The van der Waals surface area contributed by atoms with Crippen LogP contribution in [0.15, 0.2) is 0 Å². The van der Waals surface area contributed by atoms with Crippen LogP contribution in [0.25, 0.3) is 0 Å². The highest BCUT2D eigenvalue weighted by molar-refractivity contribution is 8.00. The van der Waals surface area contributed by atoms with E-state index >= 15 is 0 Å². The molecular weight excluding hydrogens is 184 g/mol. The lowest BCUT2D eigenvalue weighted by atomic mass is 10.2. The van der Waals surface area contributed by atoms with Crippen LogP contribution in [0.1, 0.15) is 26.7 Å². The Morgan fingerprint density at radius 3 is 1.69 bits per heavy atom. The SMILES string of the molecule is CC1OCCC1SC1CCOC1C. The van der Waals surface area contributed by atoms with Gasteiger partial charge in [-0.05, 0) is 26.7 Å². The molecule has 0 spiro atoms. The predicted molar refractivity (Wildman–Crippen MR) is 55.2 cm³/mol. The van der Waals surface area contributed by atoms with Gasteiger partial charge in [0, 0.05) is 23.7 Å². The highest BCUT2D eigenvalue weighted by Gasteiger charge is 2.32. The van der Waals surface area contributed by atoms with Crippen molar-refractivity contribution in [2.75, 3.05) is 13.2 Å². The van der Waals surface area contributed by atoms with Crippen LogP contribution >= 0.6 is 11.8 Å². The predicted octanol–water partition coefficient (Wildman–Crippen LogP) is 2.07. The van der Waals surface area contributed by atoms with E-state index in [4.69, 9.17) is 9.47 Å². The topological polar surface area (TPSA) is 18.5 Å². The fourth-order valence-corrected chi connectivity index (χ4v) is 3.52. The average molecular weight is 202 g/mol. The molecule has 0 saturated carbocycles. The van der Waals surface area contributed by atoms with E-state index in [1.165, 1.54) is 12.8 Å². The maximum Gasteiger partial charge on any atom is 0.0666 e. The van der Waals surface area contributed by atoms with Crippen LogP contribution < -0.4 is 0 Å². The normalized spacial score (nSPS) is 45.7. The van der Waals surface area contributed by atoms with Gasteiger partial charge in [-0.2, -0.15) is 0 Å². The molecule has 0 aromatic rings. The first-order chi connectivity index (χ1) is 6.27. The summed E-state index contributed by atoms with van der Waals surface area (Å²) in [6, 6.07) is 0. The van der Waals surface area contributed by atoms with E-state index in [9.17, 15) is 0 Å². The molecule has 0 bridgehead atoms. The van der Waals surface area contributed by atoms with Crippen LogP contribution in [0.4, 0.5) is 0 Å². The lowest BCUT2D eigenvalue weighted by molar-refractivity contribution is 0.124. The Labute approximate surface area is 84.4 Å². The molecule has 2 aliphatic heterocycles. The van der Waals surface area contributed by atoms with Gasteiger partial charge in [-0.3, -0.25) is 0 Å². The molecule has 0 radical (unpaired) electrons. The summed E-state index contributed by atoms with van der Waals surface area (Å²) in [5, 5.41) is 1.41. The Morgan fingerprint density at radius 2 is 1.38 bits per heavy atom. The van der Waals surface area contributed by atoms with Crippen LogP contribution in [0.2, 0.25) is 0 Å². The average Bonchev–Trinajstić information content (AvgIpc) is 2.65. The van der Waals surface area contributed by atoms with Gasteiger partial charge in [-0.15, -0.1) is 11.8 Å². The summed E-state index contributed by atoms with van der Waals surface area (Å²) >= 11 is 2.08. The second-order valence-corrected chi connectivity index (χ2v) is 5.43. The van der Waals surface area contributed by atoms with Gasteiger partial charge >= 0.3 is 0 Å². The molecule has 2 rings (SSSR count). The largest absolute Gasteiger partial charge is 0.377 e. The first-order valence-corrected chi connectivity index (χ1v) is 6.10. The maximum atomic E-state index is 5.55. The third-order valence-corrected chi connectivity index (χ3v) is 4.90. The number of thioether (sulfide) groups is 1. The van der Waals surface area contributed by atoms with Crippen LogP contribution in [0.3, 0.4) is 0 Å². The van der Waals surface area contributed by atoms with Crippen LogP contribution in [-0.4, -0.2) is 35.9 Å². The molecule has 0 amide bonds. The third kappa shape index (κ3) is 2.20. The van der Waals surface area contributed by atoms with Crippen molar-refractivity contribution in [3.8, 4) is 0 Å². The van der Waals surface area contributed by atoms with Gasteiger partial charge < -0.3 is 9.47 Å². The zero-order valence-corrected chi connectivity index (χ0v) is 9.18. The van der Waals surface area contributed by atoms with Gasteiger partial charge in [-0.1, -0.05) is 0 Å². The smallest absolute Gasteiger partial charge is 0.0666 e. The van der Waals surface area contributed by atoms with Crippen molar-refractivity contribution in [2.45, 2.75) is 49.4 Å². The molecule has 0 aliphatic carbocycles. The zero-order valence-electron chi connectivity index (χ0n) is 8.36. The fourth-order valence-electron chi connectivity index (χ4n) is 2.01. The summed E-state index contributed by atoms with van der Waals surface area (Å²) in [6.45, 7) is 6.26. The first-order valence-electron chi connectivity index (χ1n) is 5.16. The Morgan fingerprint density at radius 1 is 0.923 bits per heavy atom. The van der Waals surface area contributed by atoms with E-state index in [1.54, 1.807) is 0 Å². The van der Waals surface area contributed by atoms with Gasteiger partial charge in [0.15, 0.2) is 0 Å². The van der Waals surface area contributed by atoms with Crippen molar-refractivity contribution in [3.63, 3.8) is 0 Å². The molecule has 0 aromatic heterocycles. The molecule has 76 valence electrons. The minimum absolute atomic E-state index is 0.442. The number of hydrogen-bond acceptors (Lipinski definition) is 3. The van der Waals surface area contributed by atoms with Crippen LogP contribution in [0.5, 0.6) is 0 Å². The summed E-state index contributed by atoms with van der Waals surface area (Å²) in [5.41, 5.74) is 0. The zero-order chi connectivity index (χ0) is 9.26. The van der Waals surface area contributed by atoms with E-state index in [0.717, 1.165) is 13.2 Å². The third-order valence-electron chi connectivity index (χ3n) is 2.96. The quantitative estimate of drug-likeness (QED) is 0.683. The summed E-state index contributed by atoms with van der Waals surface area (Å²) in [7, 11) is 0. The molecule has 4 unspecified atom stereocenters. The molecule has 0 aromatic carbocycles. The van der Waals surface area contributed by atoms with Crippen molar-refractivity contribution in [1.29, 1.82) is 0 Å². The Bertz CT molecular complexity index is 156. The van der Waals surface area contributed by atoms with Gasteiger partial charge in [-0.25, -0.2) is 0 Å². The molecule has 2 saturated heterocycles. The lowest BCUT2D eigenvalue weighted by Crippen LogP contribution is -2.22. The van der Waals surface area contributed by atoms with E-state index in [-0.39, 0.29) is 0 Å². The van der Waals surface area contributed by atoms with Crippen molar-refractivity contribution in [2.24, 2.45) is 0 Å². The molecule has 2 heterocycles. The Balaban J connectivity index is 1.82. The fraction of sp³-hybridized carbons (Fsp3) is 1.00. The summed E-state index contributed by atoms with van der Waals surface area (Å²) in [5.74, 6) is 0. The van der Waals surface area contributed by atoms with E-state index in [0.29, 0.717) is 22.7 Å². The maximum absolute atomic E-state index is 5.55. The monoisotopic (exact) mass is 202 g/mol. The van der Waals surface area contributed by atoms with E-state index in [1.807, 2.05) is 0 Å². The van der Waals surface area contributed by atoms with Gasteiger partial charge in [0.1, 0.15) is 0 Å². The second kappa shape index (κ2) is 4.20. The van der Waals surface area contributed by atoms with Gasteiger partial charge in [0.25, 0.3) is 0 Å². The van der Waals surface area contributed by atoms with Crippen molar-refractivity contribution in [1.82, 2.24) is 0 Å². The lowest BCUT2D eigenvalue weighted by Gasteiger charge is -2.20. The highest BCUT2D eigenvalue weighted by atomic mass is 32.2. The standard InChI is InChI=1S/C10H18O2S/c1-7-9(3-5-11-7)13-10-4-6-12-8(10)2/h7-10H,3-6H2,1-2H3. The first kappa shape index (κ1) is 9.81. The highest BCUT2D eigenvalue weighted by Crippen LogP contribution is 2.35. The van der Waals surface area contributed by atoms with E-state index < -0.39 is 0 Å². The summed E-state index contributed by atoms with van der Waals surface area (Å²) in [4.78, 5) is 0. The number of ether oxygens (including phenoxy) is 2. The van der Waals surface area contributed by atoms with Crippen LogP contribution in [0, 0.1) is 0 Å². The van der Waals surface area contributed by atoms with Crippen LogP contribution in [-0.2, 0) is 9.47 Å². The van der Waals surface area contributed by atoms with Gasteiger partial charge in [0.2, 0.25) is 0 Å². The Hall–Kier alpha value is 0.270. The molecular formula is C10H18O2S. The molecule has 3 heteroatoms. The molecule has 0 N–H and O–H groups in total. The van der Waals surface area contributed by atoms with E-state index in [2.05, 4.69) is 25.6 Å². The molecule has 13 heavy (non-hydrogen) atoms. The van der Waals surface area contributed by atoms with Gasteiger partial charge in [0.05, 0.1) is 12.2 Å². The molecule has 2 fully saturated rings. The number of rotatable bonds is 2. The minimum atomic E-state index is 0.442. The molecule has 2 nitrogen and oxygen atoms in total. The minimum Gasteiger partial charge on any atom is -0.377 e. The molecule has 2 aliphatic rings. The number of hydrogen-bond donors (Lipinski definition) is 0. The molecule has 4 atom stereocenters. The Kier molecular flexibility index (Phi) is 3.17.